The summed E-state index contributed by atoms with van der Waals surface area (Å²) < 4.78 is 11.8. The number of nitro groups is 1. The number of hydrogen-bond donors (Lipinski definition) is 2. The number of carbonyl (C=O) groups excluding carboxylic acids is 3. The zero-order valence-corrected chi connectivity index (χ0v) is 21.6. The van der Waals surface area contributed by atoms with Crippen LogP contribution in [-0.2, 0) is 16.2 Å². The number of imide groups is 1. The molecule has 0 aromatic heterocycles. The van der Waals surface area contributed by atoms with Crippen molar-refractivity contribution in [3.05, 3.63) is 98.1 Å². The molecule has 1 aliphatic heterocycles. The number of anilines is 1. The molecule has 4 amide bonds. The normalized spacial score (nSPS) is 13.8. The number of amides is 4. The fourth-order valence-electron chi connectivity index (χ4n) is 3.64. The van der Waals surface area contributed by atoms with Gasteiger partial charge in [-0.3, -0.25) is 19.7 Å². The first-order valence-electron chi connectivity index (χ1n) is 11.2. The van der Waals surface area contributed by atoms with E-state index in [-0.39, 0.29) is 18.0 Å². The number of hydrogen-bond acceptors (Lipinski definition) is 7. The molecule has 38 heavy (non-hydrogen) atoms. The zero-order valence-electron chi connectivity index (χ0n) is 20.0. The maximum absolute atomic E-state index is 13.0. The monoisotopic (exact) mass is 580 g/mol. The van der Waals surface area contributed by atoms with Crippen molar-refractivity contribution in [2.75, 3.05) is 19.0 Å². The van der Waals surface area contributed by atoms with E-state index in [1.54, 1.807) is 54.6 Å². The first kappa shape index (κ1) is 26.4. The van der Waals surface area contributed by atoms with Crippen molar-refractivity contribution in [1.82, 2.24) is 10.2 Å². The van der Waals surface area contributed by atoms with E-state index in [2.05, 4.69) is 26.6 Å². The van der Waals surface area contributed by atoms with Gasteiger partial charge in [-0.1, -0.05) is 40.2 Å². The van der Waals surface area contributed by atoms with Gasteiger partial charge in [0.2, 0.25) is 5.91 Å². The summed E-state index contributed by atoms with van der Waals surface area (Å²) in [6.45, 7) is -0.469. The highest BCUT2D eigenvalue weighted by Gasteiger charge is 2.35. The van der Waals surface area contributed by atoms with Gasteiger partial charge in [0.15, 0.2) is 0 Å². The summed E-state index contributed by atoms with van der Waals surface area (Å²) in [6, 6.07) is 17.1. The van der Waals surface area contributed by atoms with Gasteiger partial charge in [-0.25, -0.2) is 9.69 Å². The van der Waals surface area contributed by atoms with Crippen LogP contribution in [-0.4, -0.2) is 41.3 Å². The minimum atomic E-state index is -0.745. The summed E-state index contributed by atoms with van der Waals surface area (Å²) in [5, 5.41) is 16.1. The third-order valence-corrected chi connectivity index (χ3v) is 5.93. The predicted octanol–water partition coefficient (Wildman–Crippen LogP) is 4.48. The minimum Gasteiger partial charge on any atom is -0.495 e. The molecular formula is C26H21BrN4O7. The Labute approximate surface area is 225 Å². The van der Waals surface area contributed by atoms with Crippen LogP contribution in [0.3, 0.4) is 0 Å². The van der Waals surface area contributed by atoms with E-state index in [1.807, 2.05) is 0 Å². The third-order valence-electron chi connectivity index (χ3n) is 5.43. The highest BCUT2D eigenvalue weighted by molar-refractivity contribution is 9.10. The van der Waals surface area contributed by atoms with Crippen LogP contribution in [0.25, 0.3) is 6.08 Å². The molecule has 0 aliphatic carbocycles. The lowest BCUT2D eigenvalue weighted by Crippen LogP contribution is -2.38. The fourth-order valence-corrected chi connectivity index (χ4v) is 4.02. The number of urea groups is 1. The molecule has 0 atom stereocenters. The Hall–Kier alpha value is -4.71. The van der Waals surface area contributed by atoms with Gasteiger partial charge in [0, 0.05) is 22.2 Å². The van der Waals surface area contributed by atoms with Crippen molar-refractivity contribution in [3.8, 4) is 11.5 Å². The topological polar surface area (TPSA) is 140 Å². The molecule has 194 valence electrons. The number of para-hydroxylation sites is 2. The quantitative estimate of drug-likeness (QED) is 0.164. The van der Waals surface area contributed by atoms with E-state index in [1.165, 1.54) is 25.3 Å². The number of halogens is 1. The van der Waals surface area contributed by atoms with Crippen LogP contribution in [0.2, 0.25) is 0 Å². The lowest BCUT2D eigenvalue weighted by molar-refractivity contribution is -0.384. The first-order chi connectivity index (χ1) is 18.2. The van der Waals surface area contributed by atoms with E-state index >= 15 is 0 Å². The molecule has 0 bridgehead atoms. The summed E-state index contributed by atoms with van der Waals surface area (Å²) >= 11 is 3.38. The number of benzene rings is 3. The lowest BCUT2D eigenvalue weighted by atomic mass is 10.1. The summed E-state index contributed by atoms with van der Waals surface area (Å²) in [7, 11) is 1.46. The number of nitro benzene ring substituents is 1. The molecule has 0 saturated carbocycles. The van der Waals surface area contributed by atoms with Crippen molar-refractivity contribution in [1.29, 1.82) is 0 Å². The van der Waals surface area contributed by atoms with Crippen molar-refractivity contribution >= 4 is 51.2 Å². The molecule has 12 heteroatoms. The second-order valence-corrected chi connectivity index (χ2v) is 8.94. The Kier molecular flexibility index (Phi) is 8.02. The average Bonchev–Trinajstić information content (AvgIpc) is 3.15. The molecule has 11 nitrogen and oxygen atoms in total. The summed E-state index contributed by atoms with van der Waals surface area (Å²) in [5.74, 6) is -0.454. The second kappa shape index (κ2) is 11.6. The Morgan fingerprint density at radius 3 is 2.66 bits per heavy atom. The van der Waals surface area contributed by atoms with Crippen LogP contribution in [0.4, 0.5) is 16.2 Å². The van der Waals surface area contributed by atoms with E-state index in [0.29, 0.717) is 32.8 Å². The molecule has 1 saturated heterocycles. The van der Waals surface area contributed by atoms with Gasteiger partial charge in [0.05, 0.1) is 17.7 Å². The first-order valence-corrected chi connectivity index (χ1v) is 12.0. The maximum Gasteiger partial charge on any atom is 0.329 e. The van der Waals surface area contributed by atoms with E-state index < -0.39 is 29.3 Å². The second-order valence-electron chi connectivity index (χ2n) is 8.03. The number of nitrogens with zero attached hydrogens (tertiary/aromatic N) is 2. The molecule has 1 fully saturated rings. The number of nitrogens with one attached hydrogen (secondary N) is 2. The summed E-state index contributed by atoms with van der Waals surface area (Å²) in [6.07, 6.45) is 1.44. The summed E-state index contributed by atoms with van der Waals surface area (Å²) in [4.78, 5) is 49.3. The highest BCUT2D eigenvalue weighted by Crippen LogP contribution is 2.28. The van der Waals surface area contributed by atoms with Gasteiger partial charge in [-0.05, 0) is 42.0 Å². The molecule has 1 heterocycles. The molecule has 3 aromatic rings. The van der Waals surface area contributed by atoms with Crippen LogP contribution in [0.5, 0.6) is 11.5 Å². The average molecular weight is 581 g/mol. The van der Waals surface area contributed by atoms with Gasteiger partial charge < -0.3 is 20.1 Å². The molecule has 4 rings (SSSR count). The fraction of sp³-hybridized carbons (Fsp3) is 0.115. The van der Waals surface area contributed by atoms with E-state index in [9.17, 15) is 24.5 Å². The largest absolute Gasteiger partial charge is 0.495 e. The Balaban J connectivity index is 1.49. The van der Waals surface area contributed by atoms with Gasteiger partial charge in [0.25, 0.3) is 11.6 Å². The number of carbonyl (C=O) groups is 3. The number of methoxy groups -OCH3 is 1. The Morgan fingerprint density at radius 2 is 1.89 bits per heavy atom. The van der Waals surface area contributed by atoms with Crippen LogP contribution in [0.15, 0.2) is 76.9 Å². The SMILES string of the molecule is COc1ccccc1NC(=O)CN1C(=O)N/C(=C/c2cc(Br)ccc2OCc2cccc([N+](=O)[O-])c2)C1=O. The van der Waals surface area contributed by atoms with Gasteiger partial charge in [0.1, 0.15) is 30.3 Å². The zero-order chi connectivity index (χ0) is 27.2. The molecule has 0 radical (unpaired) electrons. The van der Waals surface area contributed by atoms with Crippen LogP contribution < -0.4 is 20.1 Å². The van der Waals surface area contributed by atoms with Crippen molar-refractivity contribution in [2.24, 2.45) is 0 Å². The third kappa shape index (κ3) is 6.16. The highest BCUT2D eigenvalue weighted by atomic mass is 79.9. The number of rotatable bonds is 9. The van der Waals surface area contributed by atoms with Crippen molar-refractivity contribution in [2.45, 2.75) is 6.61 Å². The van der Waals surface area contributed by atoms with Crippen molar-refractivity contribution in [3.63, 3.8) is 0 Å². The summed E-state index contributed by atoms with van der Waals surface area (Å²) in [5.41, 5.74) is 1.35. The van der Waals surface area contributed by atoms with Crippen LogP contribution in [0, 0.1) is 10.1 Å². The Morgan fingerprint density at radius 1 is 1.11 bits per heavy atom. The van der Waals surface area contributed by atoms with Crippen LogP contribution >= 0.6 is 15.9 Å². The van der Waals surface area contributed by atoms with Gasteiger partial charge in [-0.2, -0.15) is 0 Å². The lowest BCUT2D eigenvalue weighted by Gasteiger charge is -2.13. The van der Waals surface area contributed by atoms with Gasteiger partial charge >= 0.3 is 6.03 Å². The molecule has 3 aromatic carbocycles. The van der Waals surface area contributed by atoms with Gasteiger partial charge in [-0.15, -0.1) is 0 Å². The number of ether oxygens (including phenoxy) is 2. The Bertz CT molecular complexity index is 1460. The minimum absolute atomic E-state index is 0.0367. The maximum atomic E-state index is 13.0. The smallest absolute Gasteiger partial charge is 0.329 e. The standard InChI is InChI=1S/C26H21BrN4O7/c1-37-23-8-3-2-7-20(23)28-24(32)14-30-25(33)21(29-26(30)34)13-17-12-18(27)9-10-22(17)38-15-16-5-4-6-19(11-16)31(35)36/h2-13H,14-15H2,1H3,(H,28,32)(H,29,34)/b21-13+. The van der Waals surface area contributed by atoms with Crippen molar-refractivity contribution < 1.29 is 28.8 Å². The van der Waals surface area contributed by atoms with Crippen LogP contribution in [0.1, 0.15) is 11.1 Å². The molecule has 0 unspecified atom stereocenters. The number of non-ortho nitro benzene ring substituents is 1. The molecule has 0 spiro atoms. The van der Waals surface area contributed by atoms with E-state index in [4.69, 9.17) is 9.47 Å². The van der Waals surface area contributed by atoms with E-state index in [0.717, 1.165) is 4.90 Å². The molecular weight excluding hydrogens is 560 g/mol. The predicted molar refractivity (Wildman–Crippen MR) is 141 cm³/mol. The molecule has 1 aliphatic rings. The molecule has 2 N–H and O–H groups in total.